The van der Waals surface area contributed by atoms with Crippen LogP contribution in [0.2, 0.25) is 0 Å². The average molecular weight is 444 g/mol. The molecule has 6 nitrogen and oxygen atoms in total. The summed E-state index contributed by atoms with van der Waals surface area (Å²) in [7, 11) is 0. The number of hydrogen-bond acceptors (Lipinski definition) is 5. The molecule has 3 heterocycles. The van der Waals surface area contributed by atoms with Gasteiger partial charge in [-0.3, -0.25) is 4.79 Å². The van der Waals surface area contributed by atoms with Crippen LogP contribution in [0, 0.1) is 0 Å². The van der Waals surface area contributed by atoms with E-state index < -0.39 is 11.5 Å². The maximum absolute atomic E-state index is 13.9. The zero-order valence-corrected chi connectivity index (χ0v) is 18.2. The molecule has 6 rings (SSSR count). The van der Waals surface area contributed by atoms with Gasteiger partial charge in [0.15, 0.2) is 5.78 Å². The lowest BCUT2D eigenvalue weighted by Crippen LogP contribution is -2.40. The molecular weight excluding hydrogens is 422 g/mol. The Morgan fingerprint density at radius 2 is 1.32 bits per heavy atom. The molecule has 4 aromatic rings. The summed E-state index contributed by atoms with van der Waals surface area (Å²) in [4.78, 5) is 15.9. The normalized spacial score (nSPS) is 17.4. The van der Waals surface area contributed by atoms with Crippen molar-refractivity contribution in [3.8, 4) is 0 Å². The van der Waals surface area contributed by atoms with Crippen LogP contribution in [0.5, 0.6) is 0 Å². The Hall–Kier alpha value is -4.58. The number of H-pyrrole nitrogens is 1. The first-order valence-electron chi connectivity index (χ1n) is 11.1. The summed E-state index contributed by atoms with van der Waals surface area (Å²) < 4.78 is 0. The number of carbonyl (C=O) groups is 1. The van der Waals surface area contributed by atoms with E-state index in [1.807, 2.05) is 79.0 Å². The fraction of sp³-hybridized carbons (Fsp3) is 0.0714. The van der Waals surface area contributed by atoms with Crippen molar-refractivity contribution in [2.75, 3.05) is 0 Å². The van der Waals surface area contributed by atoms with Gasteiger partial charge in [0.2, 0.25) is 5.82 Å². The van der Waals surface area contributed by atoms with E-state index in [1.54, 1.807) is 0 Å². The number of aromatic nitrogens is 4. The molecule has 1 atom stereocenters. The van der Waals surface area contributed by atoms with E-state index in [9.17, 15) is 4.79 Å². The van der Waals surface area contributed by atoms with Crippen molar-refractivity contribution in [1.82, 2.24) is 25.5 Å². The molecular formula is C28H21N5O. The van der Waals surface area contributed by atoms with Crippen LogP contribution < -0.4 is 0 Å². The maximum Gasteiger partial charge on any atom is 0.210 e. The molecule has 2 aliphatic heterocycles. The summed E-state index contributed by atoms with van der Waals surface area (Å²) in [6.45, 7) is 0. The van der Waals surface area contributed by atoms with Gasteiger partial charge in [-0.25, -0.2) is 0 Å². The Balaban J connectivity index is 1.80. The van der Waals surface area contributed by atoms with Gasteiger partial charge in [-0.15, -0.1) is 10.2 Å². The second kappa shape index (κ2) is 8.08. The number of allylic oxidation sites excluding steroid dienone is 3. The Morgan fingerprint density at radius 1 is 0.765 bits per heavy atom. The van der Waals surface area contributed by atoms with Crippen LogP contribution in [0.1, 0.15) is 22.5 Å². The molecule has 0 spiro atoms. The van der Waals surface area contributed by atoms with Crippen molar-refractivity contribution in [1.29, 1.82) is 0 Å². The standard InChI is InChI=1S/C28H21N5O/c34-25-23-18-10-11-19-33(23)26(24(25)27-29-31-32-30-27)28(20-12-4-1-5-13-20,21-14-6-2-7-15-21)22-16-8-3-9-17-22/h1-19,23H,(H,29,30,31,32). The molecule has 1 unspecified atom stereocenters. The molecule has 0 amide bonds. The SMILES string of the molecule is O=C1C(c2nn[nH]n2)=C(C(c2ccccc2)(c2ccccc2)c2ccccc2)N2C=CC=CC12. The molecule has 0 aliphatic carbocycles. The van der Waals surface area contributed by atoms with Crippen LogP contribution in [-0.4, -0.2) is 37.3 Å². The van der Waals surface area contributed by atoms with Crippen LogP contribution in [0.3, 0.4) is 0 Å². The number of rotatable bonds is 5. The van der Waals surface area contributed by atoms with Crippen LogP contribution in [-0.2, 0) is 10.2 Å². The van der Waals surface area contributed by atoms with E-state index in [1.165, 1.54) is 0 Å². The van der Waals surface area contributed by atoms with E-state index >= 15 is 0 Å². The van der Waals surface area contributed by atoms with Gasteiger partial charge < -0.3 is 4.90 Å². The van der Waals surface area contributed by atoms with Gasteiger partial charge in [0.25, 0.3) is 0 Å². The average Bonchev–Trinajstić information content (AvgIpc) is 3.54. The smallest absolute Gasteiger partial charge is 0.210 e. The lowest BCUT2D eigenvalue weighted by Gasteiger charge is -2.42. The second-order valence-corrected chi connectivity index (χ2v) is 8.25. The fourth-order valence-electron chi connectivity index (χ4n) is 5.16. The molecule has 1 N–H and O–H groups in total. The third-order valence-corrected chi connectivity index (χ3v) is 6.51. The van der Waals surface area contributed by atoms with Gasteiger partial charge in [0.1, 0.15) is 6.04 Å². The number of nitrogens with one attached hydrogen (secondary N) is 1. The molecule has 0 bridgehead atoms. The molecule has 6 heteroatoms. The minimum atomic E-state index is -0.806. The van der Waals surface area contributed by atoms with Crippen molar-refractivity contribution in [3.05, 3.63) is 144 Å². The quantitative estimate of drug-likeness (QED) is 0.466. The zero-order chi connectivity index (χ0) is 23.0. The summed E-state index contributed by atoms with van der Waals surface area (Å²) >= 11 is 0. The number of aromatic amines is 1. The third kappa shape index (κ3) is 2.89. The van der Waals surface area contributed by atoms with Gasteiger partial charge in [0.05, 0.1) is 16.7 Å². The molecule has 0 saturated heterocycles. The first-order valence-corrected chi connectivity index (χ1v) is 11.1. The van der Waals surface area contributed by atoms with Crippen LogP contribution in [0.4, 0.5) is 0 Å². The van der Waals surface area contributed by atoms with Crippen LogP contribution in [0.15, 0.2) is 121 Å². The summed E-state index contributed by atoms with van der Waals surface area (Å²) in [5, 5.41) is 14.8. The highest BCUT2D eigenvalue weighted by Crippen LogP contribution is 2.52. The number of carbonyl (C=O) groups excluding carboxylic acids is 1. The summed E-state index contributed by atoms with van der Waals surface area (Å²) in [6.07, 6.45) is 7.75. The van der Waals surface area contributed by atoms with E-state index in [-0.39, 0.29) is 5.78 Å². The van der Waals surface area contributed by atoms with E-state index in [2.05, 4.69) is 61.9 Å². The molecule has 3 aromatic carbocycles. The second-order valence-electron chi connectivity index (χ2n) is 8.25. The monoisotopic (exact) mass is 443 g/mol. The van der Waals surface area contributed by atoms with Crippen LogP contribution in [0.25, 0.3) is 5.57 Å². The predicted octanol–water partition coefficient (Wildman–Crippen LogP) is 4.28. The highest BCUT2D eigenvalue weighted by atomic mass is 16.1. The van der Waals surface area contributed by atoms with Crippen molar-refractivity contribution in [2.24, 2.45) is 0 Å². The predicted molar refractivity (Wildman–Crippen MR) is 129 cm³/mol. The zero-order valence-electron chi connectivity index (χ0n) is 18.2. The maximum atomic E-state index is 13.9. The first-order chi connectivity index (χ1) is 16.8. The van der Waals surface area contributed by atoms with E-state index in [4.69, 9.17) is 0 Å². The summed E-state index contributed by atoms with van der Waals surface area (Å²) in [6, 6.07) is 30.4. The Morgan fingerprint density at radius 3 is 1.82 bits per heavy atom. The van der Waals surface area contributed by atoms with Crippen molar-refractivity contribution >= 4 is 11.4 Å². The molecule has 1 aromatic heterocycles. The summed E-state index contributed by atoms with van der Waals surface area (Å²) in [5.74, 6) is 0.243. The lowest BCUT2D eigenvalue weighted by molar-refractivity contribution is -0.115. The van der Waals surface area contributed by atoms with Crippen molar-refractivity contribution < 1.29 is 4.79 Å². The molecule has 34 heavy (non-hydrogen) atoms. The largest absolute Gasteiger partial charge is 0.335 e. The number of Topliss-reactive ketones (excluding diaryl/α,β-unsaturated/α-hetero) is 1. The van der Waals surface area contributed by atoms with Gasteiger partial charge in [-0.05, 0) is 28.0 Å². The first kappa shape index (κ1) is 20.1. The van der Waals surface area contributed by atoms with Gasteiger partial charge in [-0.2, -0.15) is 5.21 Å². The fourth-order valence-corrected chi connectivity index (χ4v) is 5.16. The number of nitrogens with zero attached hydrogens (tertiary/aromatic N) is 4. The lowest BCUT2D eigenvalue weighted by atomic mass is 9.66. The third-order valence-electron chi connectivity index (χ3n) is 6.51. The van der Waals surface area contributed by atoms with Gasteiger partial charge in [0, 0.05) is 6.20 Å². The molecule has 0 saturated carbocycles. The van der Waals surface area contributed by atoms with E-state index in [0.29, 0.717) is 11.4 Å². The highest BCUT2D eigenvalue weighted by Gasteiger charge is 2.52. The Bertz CT molecular complexity index is 1310. The minimum absolute atomic E-state index is 0.0517. The number of fused-ring (bicyclic) bond motifs is 1. The molecule has 164 valence electrons. The van der Waals surface area contributed by atoms with Crippen LogP contribution >= 0.6 is 0 Å². The van der Waals surface area contributed by atoms with Gasteiger partial charge >= 0.3 is 0 Å². The number of hydrogen-bond donors (Lipinski definition) is 1. The number of ketones is 1. The molecule has 0 radical (unpaired) electrons. The Kier molecular flexibility index (Phi) is 4.77. The molecule has 2 aliphatic rings. The van der Waals surface area contributed by atoms with Crippen molar-refractivity contribution in [2.45, 2.75) is 11.5 Å². The van der Waals surface area contributed by atoms with Gasteiger partial charge in [-0.1, -0.05) is 103 Å². The minimum Gasteiger partial charge on any atom is -0.335 e. The molecule has 0 fully saturated rings. The Labute approximate surface area is 197 Å². The summed E-state index contributed by atoms with van der Waals surface area (Å²) in [5.41, 5.74) is 3.60. The van der Waals surface area contributed by atoms with E-state index in [0.717, 1.165) is 22.4 Å². The van der Waals surface area contributed by atoms with Crippen molar-refractivity contribution in [3.63, 3.8) is 0 Å². The topological polar surface area (TPSA) is 74.8 Å². The number of benzene rings is 3. The highest BCUT2D eigenvalue weighted by molar-refractivity contribution is 6.26. The number of tetrazole rings is 1.